The summed E-state index contributed by atoms with van der Waals surface area (Å²) in [5.41, 5.74) is 3.77. The molecule has 0 aliphatic rings. The van der Waals surface area contributed by atoms with Gasteiger partial charge in [-0.25, -0.2) is 0 Å². The maximum atomic E-state index is 2.32. The molecule has 0 aliphatic heterocycles. The minimum absolute atomic E-state index is 0.659. The Balaban J connectivity index is 2.33. The third kappa shape index (κ3) is 4.00. The molecule has 0 radical (unpaired) electrons. The zero-order valence-corrected chi connectivity index (χ0v) is 18.6. The third-order valence-corrected chi connectivity index (χ3v) is 7.23. The molecule has 0 bridgehead atoms. The Hall–Kier alpha value is -2.51. The Kier molecular flexibility index (Phi) is 6.26. The summed E-state index contributed by atoms with van der Waals surface area (Å²) >= 11 is 0. The molecule has 3 aromatic carbocycles. The summed E-state index contributed by atoms with van der Waals surface area (Å²) in [4.78, 5) is 6.69. The number of hydrogen-bond donors (Lipinski definition) is 0. The predicted octanol–water partition coefficient (Wildman–Crippen LogP) is 3.64. The molecular formula is C24H30N3P. The highest BCUT2D eigenvalue weighted by atomic mass is 31.1. The summed E-state index contributed by atoms with van der Waals surface area (Å²) in [6.45, 7) is 0. The fraction of sp³-hybridized carbons (Fsp3) is 0.250. The Morgan fingerprint density at radius 1 is 0.500 bits per heavy atom. The molecule has 0 saturated heterocycles. The highest BCUT2D eigenvalue weighted by Gasteiger charge is 2.25. The number of anilines is 3. The Morgan fingerprint density at radius 2 is 0.964 bits per heavy atom. The van der Waals surface area contributed by atoms with E-state index in [1.165, 1.54) is 33.0 Å². The van der Waals surface area contributed by atoms with Crippen molar-refractivity contribution in [2.24, 2.45) is 0 Å². The Labute approximate surface area is 171 Å². The summed E-state index contributed by atoms with van der Waals surface area (Å²) < 4.78 is 0. The predicted molar refractivity (Wildman–Crippen MR) is 128 cm³/mol. The van der Waals surface area contributed by atoms with E-state index in [-0.39, 0.29) is 0 Å². The van der Waals surface area contributed by atoms with Crippen LogP contribution in [0.3, 0.4) is 0 Å². The van der Waals surface area contributed by atoms with Crippen LogP contribution in [0.5, 0.6) is 0 Å². The van der Waals surface area contributed by atoms with Crippen LogP contribution in [0.1, 0.15) is 0 Å². The van der Waals surface area contributed by atoms with Gasteiger partial charge < -0.3 is 14.7 Å². The lowest BCUT2D eigenvalue weighted by molar-refractivity contribution is 1.05. The van der Waals surface area contributed by atoms with E-state index in [2.05, 4.69) is 130 Å². The molecule has 0 aromatic heterocycles. The topological polar surface area (TPSA) is 9.72 Å². The summed E-state index contributed by atoms with van der Waals surface area (Å²) in [6.07, 6.45) is 0. The van der Waals surface area contributed by atoms with Crippen LogP contribution < -0.4 is 30.6 Å². The van der Waals surface area contributed by atoms with Crippen molar-refractivity contribution in [3.8, 4) is 0 Å². The van der Waals surface area contributed by atoms with Crippen molar-refractivity contribution in [3.05, 3.63) is 72.8 Å². The summed E-state index contributed by atoms with van der Waals surface area (Å²) in [6, 6.07) is 26.4. The van der Waals surface area contributed by atoms with Crippen LogP contribution >= 0.6 is 7.92 Å². The molecule has 0 fully saturated rings. The highest BCUT2D eigenvalue weighted by molar-refractivity contribution is 7.80. The normalized spacial score (nSPS) is 10.8. The largest absolute Gasteiger partial charge is 0.376 e. The van der Waals surface area contributed by atoms with Gasteiger partial charge in [-0.15, -0.1) is 0 Å². The third-order valence-electron chi connectivity index (χ3n) is 4.75. The van der Waals surface area contributed by atoms with Crippen LogP contribution in [-0.2, 0) is 0 Å². The van der Waals surface area contributed by atoms with E-state index < -0.39 is 7.92 Å². The fourth-order valence-corrected chi connectivity index (χ4v) is 6.10. The van der Waals surface area contributed by atoms with Crippen molar-refractivity contribution in [1.82, 2.24) is 0 Å². The zero-order valence-electron chi connectivity index (χ0n) is 17.7. The lowest BCUT2D eigenvalue weighted by atomic mass is 10.2. The van der Waals surface area contributed by atoms with Gasteiger partial charge in [0.1, 0.15) is 0 Å². The molecule has 0 unspecified atom stereocenters. The zero-order chi connectivity index (χ0) is 20.3. The molecule has 0 spiro atoms. The van der Waals surface area contributed by atoms with E-state index in [0.29, 0.717) is 0 Å². The minimum Gasteiger partial charge on any atom is -0.376 e. The van der Waals surface area contributed by atoms with E-state index in [1.807, 2.05) is 0 Å². The first kappa shape index (κ1) is 20.2. The molecule has 3 aromatic rings. The van der Waals surface area contributed by atoms with Crippen LogP contribution in [0.15, 0.2) is 72.8 Å². The molecule has 28 heavy (non-hydrogen) atoms. The highest BCUT2D eigenvalue weighted by Crippen LogP contribution is 2.43. The van der Waals surface area contributed by atoms with Gasteiger partial charge in [0.15, 0.2) is 0 Å². The van der Waals surface area contributed by atoms with Crippen molar-refractivity contribution in [3.63, 3.8) is 0 Å². The van der Waals surface area contributed by atoms with Crippen molar-refractivity contribution < 1.29 is 0 Å². The van der Waals surface area contributed by atoms with Gasteiger partial charge in [-0.3, -0.25) is 0 Å². The molecule has 0 atom stereocenters. The summed E-state index contributed by atoms with van der Waals surface area (Å²) in [7, 11) is 12.1. The van der Waals surface area contributed by atoms with Crippen LogP contribution in [0.4, 0.5) is 17.1 Å². The monoisotopic (exact) mass is 391 g/mol. The summed E-state index contributed by atoms with van der Waals surface area (Å²) in [5.74, 6) is 0. The van der Waals surface area contributed by atoms with E-state index in [1.54, 1.807) is 0 Å². The molecule has 0 aliphatic carbocycles. The molecular weight excluding hydrogens is 361 g/mol. The molecule has 0 N–H and O–H groups in total. The lowest BCUT2D eigenvalue weighted by Crippen LogP contribution is -2.29. The average Bonchev–Trinajstić information content (AvgIpc) is 2.69. The van der Waals surface area contributed by atoms with Crippen LogP contribution in [0, 0.1) is 0 Å². The van der Waals surface area contributed by atoms with Gasteiger partial charge in [-0.05, 0) is 30.7 Å². The van der Waals surface area contributed by atoms with Crippen molar-refractivity contribution >= 4 is 40.9 Å². The second kappa shape index (κ2) is 8.67. The molecule has 0 saturated carbocycles. The number of rotatable bonds is 6. The number of hydrogen-bond acceptors (Lipinski definition) is 3. The lowest BCUT2D eigenvalue weighted by Gasteiger charge is -2.33. The van der Waals surface area contributed by atoms with E-state index >= 15 is 0 Å². The molecule has 0 amide bonds. The van der Waals surface area contributed by atoms with Crippen LogP contribution in [0.2, 0.25) is 0 Å². The molecule has 3 rings (SSSR count). The maximum Gasteiger partial charge on any atom is 0.0843 e. The smallest absolute Gasteiger partial charge is 0.0843 e. The maximum absolute atomic E-state index is 2.32. The minimum atomic E-state index is -0.659. The Bertz CT molecular complexity index is 866. The second-order valence-corrected chi connectivity index (χ2v) is 9.68. The quantitative estimate of drug-likeness (QED) is 0.594. The first-order chi connectivity index (χ1) is 13.4. The first-order valence-corrected chi connectivity index (χ1v) is 10.8. The Morgan fingerprint density at radius 3 is 1.36 bits per heavy atom. The summed E-state index contributed by atoms with van der Waals surface area (Å²) in [5, 5.41) is 4.12. The van der Waals surface area contributed by atoms with Gasteiger partial charge in [0.25, 0.3) is 0 Å². The van der Waals surface area contributed by atoms with E-state index in [4.69, 9.17) is 0 Å². The standard InChI is InChI=1S/C24H30N3P/c1-25(2)21-17-18-22(24(27(5)6)23(21)26(3)4)28(19-13-9-7-10-14-19)20-15-11-8-12-16-20/h7-18H,1-6H3. The van der Waals surface area contributed by atoms with Gasteiger partial charge in [0.05, 0.1) is 17.1 Å². The van der Waals surface area contributed by atoms with Gasteiger partial charge >= 0.3 is 0 Å². The molecule has 0 heterocycles. The number of benzene rings is 3. The van der Waals surface area contributed by atoms with Crippen LogP contribution in [0.25, 0.3) is 0 Å². The fourth-order valence-electron chi connectivity index (χ4n) is 3.56. The van der Waals surface area contributed by atoms with E-state index in [9.17, 15) is 0 Å². The van der Waals surface area contributed by atoms with Gasteiger partial charge in [0.2, 0.25) is 0 Å². The van der Waals surface area contributed by atoms with Gasteiger partial charge in [0, 0.05) is 47.6 Å². The molecule has 146 valence electrons. The average molecular weight is 391 g/mol. The van der Waals surface area contributed by atoms with Crippen molar-refractivity contribution in [1.29, 1.82) is 0 Å². The first-order valence-electron chi connectivity index (χ1n) is 9.51. The molecule has 3 nitrogen and oxygen atoms in total. The molecule has 4 heteroatoms. The van der Waals surface area contributed by atoms with Crippen molar-refractivity contribution in [2.45, 2.75) is 0 Å². The van der Waals surface area contributed by atoms with Gasteiger partial charge in [-0.2, -0.15) is 0 Å². The second-order valence-electron chi connectivity index (χ2n) is 7.49. The number of nitrogens with zero attached hydrogens (tertiary/aromatic N) is 3. The van der Waals surface area contributed by atoms with Gasteiger partial charge in [-0.1, -0.05) is 60.7 Å². The van der Waals surface area contributed by atoms with Crippen LogP contribution in [-0.4, -0.2) is 42.3 Å². The van der Waals surface area contributed by atoms with Crippen molar-refractivity contribution in [2.75, 3.05) is 57.0 Å². The van der Waals surface area contributed by atoms with E-state index in [0.717, 1.165) is 0 Å². The SMILES string of the molecule is CN(C)c1ccc(P(c2ccccc2)c2ccccc2)c(N(C)C)c1N(C)C.